The molecular weight excluding hydrogens is 254 g/mol. The number of carboxylic acid groups (broad SMARTS) is 1. The molecule has 20 heavy (non-hydrogen) atoms. The van der Waals surface area contributed by atoms with E-state index < -0.39 is 5.97 Å². The van der Waals surface area contributed by atoms with Crippen LogP contribution in [0.5, 0.6) is 0 Å². The van der Waals surface area contributed by atoms with E-state index in [4.69, 9.17) is 0 Å². The van der Waals surface area contributed by atoms with Crippen LogP contribution < -0.4 is 5.32 Å². The normalized spacial score (nSPS) is 38.5. The van der Waals surface area contributed by atoms with Crippen molar-refractivity contribution in [1.29, 1.82) is 0 Å². The van der Waals surface area contributed by atoms with Crippen molar-refractivity contribution in [3.63, 3.8) is 0 Å². The van der Waals surface area contributed by atoms with Gasteiger partial charge in [-0.25, -0.2) is 0 Å². The van der Waals surface area contributed by atoms with Crippen LogP contribution in [0.3, 0.4) is 0 Å². The molecule has 1 saturated heterocycles. The molecule has 3 fully saturated rings. The zero-order valence-corrected chi connectivity index (χ0v) is 12.4. The molecule has 5 nitrogen and oxygen atoms in total. The summed E-state index contributed by atoms with van der Waals surface area (Å²) in [5.41, 5.74) is 0. The Bertz CT molecular complexity index is 355. The van der Waals surface area contributed by atoms with Gasteiger partial charge in [-0.3, -0.25) is 9.69 Å². The van der Waals surface area contributed by atoms with E-state index >= 15 is 0 Å². The quantitative estimate of drug-likeness (QED) is 0.760. The molecule has 4 atom stereocenters. The summed E-state index contributed by atoms with van der Waals surface area (Å²) < 4.78 is 0. The molecule has 2 N–H and O–H groups in total. The second-order valence-corrected chi connectivity index (χ2v) is 6.82. The average Bonchev–Trinajstić information content (AvgIpc) is 3.01. The lowest BCUT2D eigenvalue weighted by Gasteiger charge is -2.34. The third-order valence-corrected chi connectivity index (χ3v) is 5.61. The van der Waals surface area contributed by atoms with Gasteiger partial charge in [0, 0.05) is 45.3 Å². The Morgan fingerprint density at radius 2 is 1.90 bits per heavy atom. The lowest BCUT2D eigenvalue weighted by molar-refractivity contribution is -0.144. The summed E-state index contributed by atoms with van der Waals surface area (Å²) in [6.07, 6.45) is 3.47. The van der Waals surface area contributed by atoms with E-state index in [1.807, 2.05) is 0 Å². The zero-order chi connectivity index (χ0) is 14.1. The minimum absolute atomic E-state index is 0.138. The highest BCUT2D eigenvalue weighted by molar-refractivity contribution is 5.72. The summed E-state index contributed by atoms with van der Waals surface area (Å²) in [5, 5.41) is 13.0. The minimum atomic E-state index is -0.589. The summed E-state index contributed by atoms with van der Waals surface area (Å²) in [6, 6.07) is 0.221. The fraction of sp³-hybridized carbons (Fsp3) is 0.933. The molecule has 1 aliphatic heterocycles. The molecular formula is C15H27N3O2. The molecule has 3 rings (SSSR count). The topological polar surface area (TPSA) is 55.8 Å². The summed E-state index contributed by atoms with van der Waals surface area (Å²) >= 11 is 0. The van der Waals surface area contributed by atoms with Gasteiger partial charge in [0.15, 0.2) is 0 Å². The molecule has 2 bridgehead atoms. The summed E-state index contributed by atoms with van der Waals surface area (Å²) in [6.45, 7) is 6.54. The molecule has 1 heterocycles. The van der Waals surface area contributed by atoms with E-state index in [-0.39, 0.29) is 12.0 Å². The van der Waals surface area contributed by atoms with Crippen LogP contribution >= 0.6 is 0 Å². The summed E-state index contributed by atoms with van der Waals surface area (Å²) in [4.78, 5) is 16.3. The van der Waals surface area contributed by atoms with Crippen molar-refractivity contribution in [1.82, 2.24) is 15.1 Å². The van der Waals surface area contributed by atoms with E-state index in [1.54, 1.807) is 0 Å². The van der Waals surface area contributed by atoms with Gasteiger partial charge < -0.3 is 15.3 Å². The molecule has 0 aromatic carbocycles. The first kappa shape index (κ1) is 14.3. The largest absolute Gasteiger partial charge is 0.481 e. The number of carbonyl (C=O) groups is 1. The Balaban J connectivity index is 1.45. The molecule has 0 radical (unpaired) electrons. The SMILES string of the molecule is CN1CCN(CCNC2C3CCC(C3)C2C(=O)O)CC1. The second kappa shape index (κ2) is 6.00. The van der Waals surface area contributed by atoms with Gasteiger partial charge in [-0.2, -0.15) is 0 Å². The van der Waals surface area contributed by atoms with Gasteiger partial charge in [0.25, 0.3) is 0 Å². The highest BCUT2D eigenvalue weighted by atomic mass is 16.4. The molecule has 0 spiro atoms. The molecule has 5 heteroatoms. The molecule has 2 saturated carbocycles. The Labute approximate surface area is 121 Å². The van der Waals surface area contributed by atoms with Crippen molar-refractivity contribution >= 4 is 5.97 Å². The van der Waals surface area contributed by atoms with Crippen LogP contribution in [0.2, 0.25) is 0 Å². The van der Waals surface area contributed by atoms with Gasteiger partial charge in [0.2, 0.25) is 0 Å². The van der Waals surface area contributed by atoms with Crippen LogP contribution in [0.4, 0.5) is 0 Å². The van der Waals surface area contributed by atoms with Crippen molar-refractivity contribution in [2.45, 2.75) is 25.3 Å². The number of aliphatic carboxylic acids is 1. The predicted molar refractivity (Wildman–Crippen MR) is 77.7 cm³/mol. The van der Waals surface area contributed by atoms with Gasteiger partial charge >= 0.3 is 5.97 Å². The fourth-order valence-corrected chi connectivity index (χ4v) is 4.40. The highest BCUT2D eigenvalue weighted by Crippen LogP contribution is 2.48. The fourth-order valence-electron chi connectivity index (χ4n) is 4.40. The number of carboxylic acids is 1. The zero-order valence-electron chi connectivity index (χ0n) is 12.4. The van der Waals surface area contributed by atoms with Gasteiger partial charge in [-0.15, -0.1) is 0 Å². The van der Waals surface area contributed by atoms with Gasteiger partial charge in [0.1, 0.15) is 0 Å². The van der Waals surface area contributed by atoms with Crippen molar-refractivity contribution in [2.75, 3.05) is 46.3 Å². The molecule has 2 aliphatic carbocycles. The van der Waals surface area contributed by atoms with Crippen LogP contribution in [0.1, 0.15) is 19.3 Å². The lowest BCUT2D eigenvalue weighted by Crippen LogP contribution is -2.49. The van der Waals surface area contributed by atoms with Crippen molar-refractivity contribution < 1.29 is 9.90 Å². The number of fused-ring (bicyclic) bond motifs is 2. The number of piperazine rings is 1. The maximum Gasteiger partial charge on any atom is 0.308 e. The van der Waals surface area contributed by atoms with Gasteiger partial charge in [-0.05, 0) is 38.1 Å². The van der Waals surface area contributed by atoms with E-state index in [0.717, 1.165) is 52.1 Å². The minimum Gasteiger partial charge on any atom is -0.481 e. The van der Waals surface area contributed by atoms with E-state index in [9.17, 15) is 9.90 Å². The Kier molecular flexibility index (Phi) is 4.29. The van der Waals surface area contributed by atoms with Crippen LogP contribution in [0, 0.1) is 17.8 Å². The number of likely N-dealkylation sites (N-methyl/N-ethyl adjacent to an activating group) is 1. The number of rotatable bonds is 5. The number of nitrogens with one attached hydrogen (secondary N) is 1. The molecule has 4 unspecified atom stereocenters. The number of hydrogen-bond donors (Lipinski definition) is 2. The van der Waals surface area contributed by atoms with Crippen LogP contribution in [-0.4, -0.2) is 73.2 Å². The van der Waals surface area contributed by atoms with Gasteiger partial charge in [-0.1, -0.05) is 0 Å². The highest BCUT2D eigenvalue weighted by Gasteiger charge is 2.50. The van der Waals surface area contributed by atoms with Crippen LogP contribution in [0.15, 0.2) is 0 Å². The number of hydrogen-bond acceptors (Lipinski definition) is 4. The third kappa shape index (κ3) is 2.85. The summed E-state index contributed by atoms with van der Waals surface area (Å²) in [5.74, 6) is 0.308. The van der Waals surface area contributed by atoms with E-state index in [1.165, 1.54) is 6.42 Å². The second-order valence-electron chi connectivity index (χ2n) is 6.82. The van der Waals surface area contributed by atoms with Crippen molar-refractivity contribution in [3.05, 3.63) is 0 Å². The van der Waals surface area contributed by atoms with Crippen LogP contribution in [0.25, 0.3) is 0 Å². The predicted octanol–water partition coefficient (Wildman–Crippen LogP) is 0.323. The third-order valence-electron chi connectivity index (χ3n) is 5.61. The average molecular weight is 281 g/mol. The van der Waals surface area contributed by atoms with Crippen molar-refractivity contribution in [3.8, 4) is 0 Å². The van der Waals surface area contributed by atoms with E-state index in [2.05, 4.69) is 22.2 Å². The van der Waals surface area contributed by atoms with E-state index in [0.29, 0.717) is 11.8 Å². The molecule has 0 amide bonds. The smallest absolute Gasteiger partial charge is 0.308 e. The van der Waals surface area contributed by atoms with Gasteiger partial charge in [0.05, 0.1) is 5.92 Å². The monoisotopic (exact) mass is 281 g/mol. The first-order chi connectivity index (χ1) is 9.65. The maximum atomic E-state index is 11.4. The number of nitrogens with zero attached hydrogens (tertiary/aromatic N) is 2. The Hall–Kier alpha value is -0.650. The molecule has 114 valence electrons. The molecule has 3 aliphatic rings. The van der Waals surface area contributed by atoms with Crippen molar-refractivity contribution in [2.24, 2.45) is 17.8 Å². The molecule has 0 aromatic rings. The Morgan fingerprint density at radius 1 is 1.20 bits per heavy atom. The van der Waals surface area contributed by atoms with Crippen LogP contribution in [-0.2, 0) is 4.79 Å². The standard InChI is InChI=1S/C15H27N3O2/c1-17-6-8-18(9-7-17)5-4-16-14-12-3-2-11(10-12)13(14)15(19)20/h11-14,16H,2-10H2,1H3,(H,19,20). The molecule has 0 aromatic heterocycles. The lowest BCUT2D eigenvalue weighted by atomic mass is 9.84. The summed E-state index contributed by atoms with van der Waals surface area (Å²) in [7, 11) is 2.17. The first-order valence-corrected chi connectivity index (χ1v) is 8.02. The Morgan fingerprint density at radius 3 is 2.60 bits per heavy atom. The maximum absolute atomic E-state index is 11.4. The first-order valence-electron chi connectivity index (χ1n) is 8.02.